The topological polar surface area (TPSA) is 56.8 Å². The SMILES string of the molecule is COC(=O)c1cc(OC)ccc1Nc1ccc(Oc2ccc(C(F)F)cc2Cl)cc1. The number of methoxy groups -OCH3 is 2. The molecule has 0 saturated heterocycles. The Balaban J connectivity index is 1.76. The van der Waals surface area contributed by atoms with Gasteiger partial charge in [-0.3, -0.25) is 0 Å². The molecule has 1 N–H and O–H groups in total. The summed E-state index contributed by atoms with van der Waals surface area (Å²) in [4.78, 5) is 12.1. The van der Waals surface area contributed by atoms with E-state index in [1.165, 1.54) is 32.4 Å². The van der Waals surface area contributed by atoms with E-state index in [0.717, 1.165) is 0 Å². The Morgan fingerprint density at radius 2 is 1.67 bits per heavy atom. The van der Waals surface area contributed by atoms with E-state index < -0.39 is 12.4 Å². The smallest absolute Gasteiger partial charge is 0.340 e. The molecule has 8 heteroatoms. The lowest BCUT2D eigenvalue weighted by molar-refractivity contribution is 0.0601. The van der Waals surface area contributed by atoms with Gasteiger partial charge in [0, 0.05) is 11.3 Å². The van der Waals surface area contributed by atoms with Crippen LogP contribution in [0.2, 0.25) is 5.02 Å². The van der Waals surface area contributed by atoms with E-state index in [9.17, 15) is 13.6 Å². The number of hydrogen-bond acceptors (Lipinski definition) is 5. The molecule has 0 fully saturated rings. The first-order valence-electron chi connectivity index (χ1n) is 8.80. The van der Waals surface area contributed by atoms with E-state index >= 15 is 0 Å². The van der Waals surface area contributed by atoms with Crippen molar-refractivity contribution >= 4 is 28.9 Å². The van der Waals surface area contributed by atoms with Gasteiger partial charge in [-0.25, -0.2) is 13.6 Å². The van der Waals surface area contributed by atoms with Crippen LogP contribution in [-0.4, -0.2) is 20.2 Å². The van der Waals surface area contributed by atoms with Gasteiger partial charge in [0.15, 0.2) is 0 Å². The molecule has 156 valence electrons. The van der Waals surface area contributed by atoms with Crippen molar-refractivity contribution in [3.63, 3.8) is 0 Å². The molecule has 0 aliphatic heterocycles. The van der Waals surface area contributed by atoms with Crippen LogP contribution < -0.4 is 14.8 Å². The van der Waals surface area contributed by atoms with Crippen molar-refractivity contribution in [3.8, 4) is 17.2 Å². The number of carbonyl (C=O) groups excluding carboxylic acids is 1. The Kier molecular flexibility index (Phi) is 6.74. The number of carbonyl (C=O) groups is 1. The third-order valence-corrected chi connectivity index (χ3v) is 4.50. The summed E-state index contributed by atoms with van der Waals surface area (Å²) >= 11 is 6.02. The standard InChI is InChI=1S/C22H18ClF2NO4/c1-28-16-8-9-19(17(12-16)22(27)29-2)26-14-4-6-15(7-5-14)30-20-10-3-13(21(24)25)11-18(20)23/h3-12,21,26H,1-2H3. The van der Waals surface area contributed by atoms with E-state index in [1.54, 1.807) is 42.5 Å². The van der Waals surface area contributed by atoms with Crippen LogP contribution in [0.5, 0.6) is 17.2 Å². The third kappa shape index (κ3) is 4.99. The second kappa shape index (κ2) is 9.45. The lowest BCUT2D eigenvalue weighted by atomic mass is 10.1. The van der Waals surface area contributed by atoms with Crippen LogP contribution >= 0.6 is 11.6 Å². The van der Waals surface area contributed by atoms with Gasteiger partial charge in [-0.2, -0.15) is 0 Å². The first-order valence-corrected chi connectivity index (χ1v) is 9.18. The zero-order chi connectivity index (χ0) is 21.7. The summed E-state index contributed by atoms with van der Waals surface area (Å²) in [6.07, 6.45) is -2.60. The molecule has 0 aromatic heterocycles. The van der Waals surface area contributed by atoms with E-state index in [1.807, 2.05) is 0 Å². The fraction of sp³-hybridized carbons (Fsp3) is 0.136. The lowest BCUT2D eigenvalue weighted by Gasteiger charge is -2.13. The molecule has 3 rings (SSSR count). The Bertz CT molecular complexity index is 1040. The quantitative estimate of drug-likeness (QED) is 0.425. The average Bonchev–Trinajstić information content (AvgIpc) is 2.76. The Morgan fingerprint density at radius 1 is 0.967 bits per heavy atom. The highest BCUT2D eigenvalue weighted by Gasteiger charge is 2.14. The van der Waals surface area contributed by atoms with Gasteiger partial charge in [0.2, 0.25) is 0 Å². The maximum Gasteiger partial charge on any atom is 0.340 e. The lowest BCUT2D eigenvalue weighted by Crippen LogP contribution is -2.06. The number of hydrogen-bond donors (Lipinski definition) is 1. The predicted molar refractivity (Wildman–Crippen MR) is 111 cm³/mol. The van der Waals surface area contributed by atoms with Gasteiger partial charge >= 0.3 is 5.97 Å². The molecular weight excluding hydrogens is 416 g/mol. The first kappa shape index (κ1) is 21.4. The molecule has 0 aliphatic rings. The number of nitrogens with one attached hydrogen (secondary N) is 1. The van der Waals surface area contributed by atoms with Crippen LogP contribution in [0.4, 0.5) is 20.2 Å². The molecule has 0 radical (unpaired) electrons. The Morgan fingerprint density at radius 3 is 2.27 bits per heavy atom. The van der Waals surface area contributed by atoms with Crippen LogP contribution in [0.15, 0.2) is 60.7 Å². The molecule has 30 heavy (non-hydrogen) atoms. The summed E-state index contributed by atoms with van der Waals surface area (Å²) in [5.74, 6) is 0.762. The van der Waals surface area contributed by atoms with Crippen LogP contribution in [-0.2, 0) is 4.74 Å². The molecule has 3 aromatic rings. The molecule has 0 amide bonds. The van der Waals surface area contributed by atoms with Crippen molar-refractivity contribution in [1.29, 1.82) is 0 Å². The van der Waals surface area contributed by atoms with Gasteiger partial charge in [0.1, 0.15) is 17.2 Å². The molecule has 0 atom stereocenters. The predicted octanol–water partition coefficient (Wildman–Crippen LogP) is 6.61. The summed E-state index contributed by atoms with van der Waals surface area (Å²) in [5.41, 5.74) is 1.38. The van der Waals surface area contributed by atoms with Crippen LogP contribution in [0.3, 0.4) is 0 Å². The van der Waals surface area contributed by atoms with Crippen molar-refractivity contribution in [1.82, 2.24) is 0 Å². The molecule has 3 aromatic carbocycles. The highest BCUT2D eigenvalue weighted by Crippen LogP contribution is 2.34. The minimum absolute atomic E-state index is 0.0935. The van der Waals surface area contributed by atoms with E-state index in [-0.39, 0.29) is 16.3 Å². The van der Waals surface area contributed by atoms with Crippen LogP contribution in [0.1, 0.15) is 22.3 Å². The monoisotopic (exact) mass is 433 g/mol. The molecule has 0 aliphatic carbocycles. The van der Waals surface area contributed by atoms with E-state index in [2.05, 4.69) is 5.32 Å². The minimum Gasteiger partial charge on any atom is -0.497 e. The van der Waals surface area contributed by atoms with Gasteiger partial charge in [-0.05, 0) is 60.7 Å². The second-order valence-corrected chi connectivity index (χ2v) is 6.55. The molecule has 0 unspecified atom stereocenters. The molecule has 0 saturated carbocycles. The fourth-order valence-electron chi connectivity index (χ4n) is 2.66. The summed E-state index contributed by atoms with van der Waals surface area (Å²) in [6, 6.07) is 15.7. The maximum atomic E-state index is 12.7. The Hall–Kier alpha value is -3.32. The maximum absolute atomic E-state index is 12.7. The van der Waals surface area contributed by atoms with Gasteiger partial charge in [-0.15, -0.1) is 0 Å². The average molecular weight is 434 g/mol. The highest BCUT2D eigenvalue weighted by atomic mass is 35.5. The highest BCUT2D eigenvalue weighted by molar-refractivity contribution is 6.32. The largest absolute Gasteiger partial charge is 0.497 e. The fourth-order valence-corrected chi connectivity index (χ4v) is 2.89. The number of alkyl halides is 2. The number of esters is 1. The van der Waals surface area contributed by atoms with Gasteiger partial charge in [-0.1, -0.05) is 11.6 Å². The number of halogens is 3. The van der Waals surface area contributed by atoms with Gasteiger partial charge in [0.25, 0.3) is 6.43 Å². The number of ether oxygens (including phenoxy) is 3. The number of rotatable bonds is 7. The summed E-state index contributed by atoms with van der Waals surface area (Å²) in [7, 11) is 2.81. The summed E-state index contributed by atoms with van der Waals surface area (Å²) in [6.45, 7) is 0. The molecule has 0 bridgehead atoms. The molecule has 5 nitrogen and oxygen atoms in total. The minimum atomic E-state index is -2.60. The second-order valence-electron chi connectivity index (χ2n) is 6.15. The van der Waals surface area contributed by atoms with Gasteiger partial charge < -0.3 is 19.5 Å². The van der Waals surface area contributed by atoms with E-state index in [0.29, 0.717) is 28.4 Å². The van der Waals surface area contributed by atoms with Crippen molar-refractivity contribution in [2.45, 2.75) is 6.43 Å². The number of benzene rings is 3. The normalized spacial score (nSPS) is 10.6. The van der Waals surface area contributed by atoms with E-state index in [4.69, 9.17) is 25.8 Å². The van der Waals surface area contributed by atoms with Crippen LogP contribution in [0.25, 0.3) is 0 Å². The Labute approximate surface area is 177 Å². The number of anilines is 2. The first-order chi connectivity index (χ1) is 14.4. The summed E-state index contributed by atoms with van der Waals surface area (Å²) in [5, 5.41) is 3.23. The third-order valence-electron chi connectivity index (χ3n) is 4.20. The van der Waals surface area contributed by atoms with Crippen molar-refractivity contribution in [2.24, 2.45) is 0 Å². The van der Waals surface area contributed by atoms with Gasteiger partial charge in [0.05, 0.1) is 30.5 Å². The summed E-state index contributed by atoms with van der Waals surface area (Å²) < 4.78 is 41.1. The van der Waals surface area contributed by atoms with Crippen molar-refractivity contribution < 1.29 is 27.8 Å². The zero-order valence-corrected chi connectivity index (χ0v) is 16.9. The van der Waals surface area contributed by atoms with Crippen molar-refractivity contribution in [2.75, 3.05) is 19.5 Å². The molecular formula is C22H18ClF2NO4. The molecule has 0 spiro atoms. The zero-order valence-electron chi connectivity index (χ0n) is 16.1. The van der Waals surface area contributed by atoms with Crippen LogP contribution in [0, 0.1) is 0 Å². The molecule has 0 heterocycles. The van der Waals surface area contributed by atoms with Crippen molar-refractivity contribution in [3.05, 3.63) is 76.8 Å².